The molecule has 1 fully saturated rings. The number of hydrogen-bond acceptors (Lipinski definition) is 4. The first-order valence-electron chi connectivity index (χ1n) is 8.89. The van der Waals surface area contributed by atoms with Crippen molar-refractivity contribution in [1.29, 1.82) is 0 Å². The Bertz CT molecular complexity index is 689. The van der Waals surface area contributed by atoms with Crippen molar-refractivity contribution in [1.82, 2.24) is 9.88 Å². The van der Waals surface area contributed by atoms with Crippen molar-refractivity contribution in [3.8, 4) is 0 Å². The number of nitrogens with zero attached hydrogens (tertiary/aromatic N) is 2. The van der Waals surface area contributed by atoms with E-state index in [0.717, 1.165) is 31.4 Å². The van der Waals surface area contributed by atoms with E-state index in [0.29, 0.717) is 15.9 Å². The molecule has 144 valence electrons. The SMILES string of the molecule is CCCC1CCc2nc(NC(=O)C3CC(=O)N(CC(F)(F)F)C3)sc2C1. The minimum Gasteiger partial charge on any atom is -0.333 e. The lowest BCUT2D eigenvalue weighted by Crippen LogP contribution is -2.36. The largest absolute Gasteiger partial charge is 0.406 e. The Labute approximate surface area is 154 Å². The molecule has 2 amide bonds. The molecule has 0 radical (unpaired) electrons. The molecule has 2 atom stereocenters. The molecule has 0 spiro atoms. The van der Waals surface area contributed by atoms with Crippen LogP contribution in [-0.2, 0) is 22.4 Å². The summed E-state index contributed by atoms with van der Waals surface area (Å²) in [5.41, 5.74) is 1.01. The molecule has 1 aromatic heterocycles. The van der Waals surface area contributed by atoms with Crippen molar-refractivity contribution in [2.75, 3.05) is 18.4 Å². The zero-order valence-corrected chi connectivity index (χ0v) is 15.4. The van der Waals surface area contributed by atoms with Gasteiger partial charge in [0.15, 0.2) is 5.13 Å². The van der Waals surface area contributed by atoms with Gasteiger partial charge < -0.3 is 10.2 Å². The van der Waals surface area contributed by atoms with Gasteiger partial charge in [0, 0.05) is 17.8 Å². The first kappa shape index (κ1) is 19.1. The third-order valence-electron chi connectivity index (χ3n) is 4.92. The Kier molecular flexibility index (Phi) is 5.55. The normalized spacial score (nSPS) is 23.2. The van der Waals surface area contributed by atoms with Crippen molar-refractivity contribution in [2.24, 2.45) is 11.8 Å². The van der Waals surface area contributed by atoms with Crippen LogP contribution >= 0.6 is 11.3 Å². The zero-order valence-electron chi connectivity index (χ0n) is 14.6. The summed E-state index contributed by atoms with van der Waals surface area (Å²) in [7, 11) is 0. The van der Waals surface area contributed by atoms with Crippen LogP contribution in [0.1, 0.15) is 43.2 Å². The lowest BCUT2D eigenvalue weighted by atomic mass is 9.88. The van der Waals surface area contributed by atoms with Gasteiger partial charge in [0.2, 0.25) is 11.8 Å². The van der Waals surface area contributed by atoms with Gasteiger partial charge in [-0.05, 0) is 25.2 Å². The van der Waals surface area contributed by atoms with E-state index >= 15 is 0 Å². The number of amides is 2. The summed E-state index contributed by atoms with van der Waals surface area (Å²) in [6, 6.07) is 0. The maximum Gasteiger partial charge on any atom is 0.406 e. The summed E-state index contributed by atoms with van der Waals surface area (Å²) in [4.78, 5) is 30.4. The van der Waals surface area contributed by atoms with E-state index in [1.54, 1.807) is 0 Å². The number of alkyl halides is 3. The van der Waals surface area contributed by atoms with E-state index in [1.807, 2.05) is 0 Å². The molecule has 0 aromatic carbocycles. The van der Waals surface area contributed by atoms with Crippen LogP contribution in [0, 0.1) is 11.8 Å². The average Bonchev–Trinajstić information content (AvgIpc) is 3.09. The number of halogens is 3. The lowest BCUT2D eigenvalue weighted by molar-refractivity contribution is -0.157. The molecule has 2 unspecified atom stereocenters. The van der Waals surface area contributed by atoms with Crippen LogP contribution in [0.4, 0.5) is 18.3 Å². The van der Waals surface area contributed by atoms with Crippen molar-refractivity contribution < 1.29 is 22.8 Å². The van der Waals surface area contributed by atoms with Crippen LogP contribution in [-0.4, -0.2) is 41.0 Å². The maximum atomic E-state index is 12.5. The van der Waals surface area contributed by atoms with E-state index < -0.39 is 30.5 Å². The van der Waals surface area contributed by atoms with Crippen LogP contribution in [0.5, 0.6) is 0 Å². The Morgan fingerprint density at radius 2 is 2.15 bits per heavy atom. The van der Waals surface area contributed by atoms with Crippen LogP contribution in [0.25, 0.3) is 0 Å². The molecule has 1 aliphatic carbocycles. The van der Waals surface area contributed by atoms with Crippen molar-refractivity contribution in [3.05, 3.63) is 10.6 Å². The monoisotopic (exact) mass is 389 g/mol. The third-order valence-corrected chi connectivity index (χ3v) is 5.96. The smallest absolute Gasteiger partial charge is 0.333 e. The summed E-state index contributed by atoms with van der Waals surface area (Å²) in [5, 5.41) is 3.19. The van der Waals surface area contributed by atoms with Gasteiger partial charge in [0.25, 0.3) is 0 Å². The van der Waals surface area contributed by atoms with Crippen LogP contribution in [0.15, 0.2) is 0 Å². The molecule has 5 nitrogen and oxygen atoms in total. The molecule has 1 aliphatic heterocycles. The molecule has 3 rings (SSSR count). The van der Waals surface area contributed by atoms with Crippen LogP contribution < -0.4 is 5.32 Å². The highest BCUT2D eigenvalue weighted by atomic mass is 32.1. The zero-order chi connectivity index (χ0) is 18.9. The minimum absolute atomic E-state index is 0.189. The van der Waals surface area contributed by atoms with Gasteiger partial charge in [-0.1, -0.05) is 19.8 Å². The predicted octanol–water partition coefficient (Wildman–Crippen LogP) is 3.40. The van der Waals surface area contributed by atoms with E-state index in [-0.39, 0.29) is 13.0 Å². The van der Waals surface area contributed by atoms with Gasteiger partial charge in [-0.2, -0.15) is 13.2 Å². The molecule has 1 N–H and O–H groups in total. The number of likely N-dealkylation sites (tertiary alicyclic amines) is 1. The highest BCUT2D eigenvalue weighted by molar-refractivity contribution is 7.15. The number of fused-ring (bicyclic) bond motifs is 1. The molecule has 2 heterocycles. The van der Waals surface area contributed by atoms with Crippen LogP contribution in [0.3, 0.4) is 0 Å². The van der Waals surface area contributed by atoms with Gasteiger partial charge in [0.05, 0.1) is 11.6 Å². The number of aromatic nitrogens is 1. The number of hydrogen-bond donors (Lipinski definition) is 1. The Hall–Kier alpha value is -1.64. The molecule has 1 aromatic rings. The highest BCUT2D eigenvalue weighted by Crippen LogP contribution is 2.34. The van der Waals surface area contributed by atoms with E-state index in [1.165, 1.54) is 22.6 Å². The topological polar surface area (TPSA) is 62.3 Å². The lowest BCUT2D eigenvalue weighted by Gasteiger charge is -2.19. The Morgan fingerprint density at radius 1 is 1.38 bits per heavy atom. The summed E-state index contributed by atoms with van der Waals surface area (Å²) < 4.78 is 37.4. The summed E-state index contributed by atoms with van der Waals surface area (Å²) in [6.07, 6.45) is 0.647. The number of carbonyl (C=O) groups is 2. The minimum atomic E-state index is -4.45. The maximum absolute atomic E-state index is 12.5. The quantitative estimate of drug-likeness (QED) is 0.840. The molecule has 0 bridgehead atoms. The predicted molar refractivity (Wildman–Crippen MR) is 91.9 cm³/mol. The molecule has 2 aliphatic rings. The van der Waals surface area contributed by atoms with E-state index in [2.05, 4.69) is 17.2 Å². The molecule has 0 saturated carbocycles. The molecular formula is C17H22F3N3O2S. The second-order valence-corrected chi connectivity index (χ2v) is 8.15. The number of carbonyl (C=O) groups excluding carboxylic acids is 2. The standard InChI is InChI=1S/C17H22F3N3O2S/c1-2-3-10-4-5-12-13(6-10)26-16(21-12)22-15(25)11-7-14(24)23(8-11)9-17(18,19)20/h10-11H,2-9H2,1H3,(H,21,22,25). The van der Waals surface area contributed by atoms with Gasteiger partial charge in [-0.3, -0.25) is 9.59 Å². The fourth-order valence-corrected chi connectivity index (χ4v) is 4.80. The van der Waals surface area contributed by atoms with E-state index in [9.17, 15) is 22.8 Å². The van der Waals surface area contributed by atoms with Gasteiger partial charge >= 0.3 is 6.18 Å². The number of rotatable bonds is 5. The number of nitrogens with one attached hydrogen (secondary N) is 1. The fraction of sp³-hybridized carbons (Fsp3) is 0.706. The summed E-state index contributed by atoms with van der Waals surface area (Å²) >= 11 is 1.44. The highest BCUT2D eigenvalue weighted by Gasteiger charge is 2.40. The Balaban J connectivity index is 1.59. The van der Waals surface area contributed by atoms with Gasteiger partial charge in [0.1, 0.15) is 6.54 Å². The molecular weight excluding hydrogens is 367 g/mol. The Morgan fingerprint density at radius 3 is 2.85 bits per heavy atom. The molecule has 9 heteroatoms. The fourth-order valence-electron chi connectivity index (χ4n) is 3.68. The van der Waals surface area contributed by atoms with Crippen molar-refractivity contribution in [3.63, 3.8) is 0 Å². The number of thiazole rings is 1. The van der Waals surface area contributed by atoms with Gasteiger partial charge in [-0.15, -0.1) is 11.3 Å². The summed E-state index contributed by atoms with van der Waals surface area (Å²) in [6.45, 7) is 0.659. The molecule has 26 heavy (non-hydrogen) atoms. The first-order valence-corrected chi connectivity index (χ1v) is 9.70. The second-order valence-electron chi connectivity index (χ2n) is 7.07. The number of aryl methyl sites for hydroxylation is 1. The average molecular weight is 389 g/mol. The van der Waals surface area contributed by atoms with Crippen molar-refractivity contribution in [2.45, 2.75) is 51.6 Å². The first-order chi connectivity index (χ1) is 12.2. The number of anilines is 1. The summed E-state index contributed by atoms with van der Waals surface area (Å²) in [5.74, 6) is -1.18. The molecule has 1 saturated heterocycles. The second kappa shape index (κ2) is 7.54. The van der Waals surface area contributed by atoms with Crippen LogP contribution in [0.2, 0.25) is 0 Å². The van der Waals surface area contributed by atoms with Gasteiger partial charge in [-0.25, -0.2) is 4.98 Å². The third kappa shape index (κ3) is 4.55. The van der Waals surface area contributed by atoms with Crippen molar-refractivity contribution >= 4 is 28.3 Å². The van der Waals surface area contributed by atoms with E-state index in [4.69, 9.17) is 0 Å².